The third kappa shape index (κ3) is 1.84. The van der Waals surface area contributed by atoms with E-state index in [1.807, 2.05) is 13.8 Å². The van der Waals surface area contributed by atoms with E-state index >= 15 is 0 Å². The number of nitrogens with two attached hydrogens (primary N) is 1. The van der Waals surface area contributed by atoms with Crippen LogP contribution in [0.5, 0.6) is 5.75 Å². The van der Waals surface area contributed by atoms with Crippen LogP contribution in [0.3, 0.4) is 0 Å². The fourth-order valence-electron chi connectivity index (χ4n) is 2.41. The molecule has 1 aromatic carbocycles. The topological polar surface area (TPSA) is 93.4 Å². The molecule has 6 heteroatoms. The molecule has 0 saturated carbocycles. The van der Waals surface area contributed by atoms with Crippen molar-refractivity contribution >= 4 is 11.9 Å². The van der Waals surface area contributed by atoms with E-state index in [1.165, 1.54) is 0 Å². The third-order valence-electron chi connectivity index (χ3n) is 3.66. The summed E-state index contributed by atoms with van der Waals surface area (Å²) >= 11 is 0. The highest BCUT2D eigenvalue weighted by atomic mass is 16.5. The molecule has 1 unspecified atom stereocenters. The second kappa shape index (κ2) is 4.55. The fourth-order valence-corrected chi connectivity index (χ4v) is 2.41. The largest absolute Gasteiger partial charge is 0.496 e. The molecule has 0 aliphatic carbocycles. The lowest BCUT2D eigenvalue weighted by Gasteiger charge is -2.27. The van der Waals surface area contributed by atoms with Gasteiger partial charge in [-0.25, -0.2) is 4.79 Å². The van der Waals surface area contributed by atoms with E-state index in [-0.39, 0.29) is 6.54 Å². The highest BCUT2D eigenvalue weighted by molar-refractivity contribution is 6.07. The first-order valence-electron chi connectivity index (χ1n) is 5.94. The first kappa shape index (κ1) is 13.4. The maximum absolute atomic E-state index is 12.1. The highest BCUT2D eigenvalue weighted by Crippen LogP contribution is 2.32. The van der Waals surface area contributed by atoms with Gasteiger partial charge < -0.3 is 15.8 Å². The zero-order valence-electron chi connectivity index (χ0n) is 11.2. The van der Waals surface area contributed by atoms with Crippen molar-refractivity contribution in [3.8, 4) is 5.75 Å². The Balaban J connectivity index is 2.60. The van der Waals surface area contributed by atoms with Crippen molar-refractivity contribution in [3.05, 3.63) is 28.8 Å². The molecule has 4 N–H and O–H groups in total. The van der Waals surface area contributed by atoms with Gasteiger partial charge in [0.05, 0.1) is 7.11 Å². The van der Waals surface area contributed by atoms with Crippen LogP contribution in [-0.4, -0.2) is 25.6 Å². The number of ether oxygens (including phenoxy) is 1. The Hall–Kier alpha value is -2.08. The maximum Gasteiger partial charge on any atom is 0.322 e. The number of carbonyl (C=O) groups is 2. The van der Waals surface area contributed by atoms with Crippen molar-refractivity contribution in [2.24, 2.45) is 5.73 Å². The van der Waals surface area contributed by atoms with E-state index in [2.05, 4.69) is 10.6 Å². The second-order valence-corrected chi connectivity index (χ2v) is 4.58. The first-order valence-corrected chi connectivity index (χ1v) is 5.94. The van der Waals surface area contributed by atoms with Crippen molar-refractivity contribution in [1.82, 2.24) is 10.6 Å². The van der Waals surface area contributed by atoms with Gasteiger partial charge in [-0.2, -0.15) is 0 Å². The van der Waals surface area contributed by atoms with Crippen LogP contribution in [-0.2, 0) is 10.3 Å². The molecule has 0 radical (unpaired) electrons. The molecule has 0 spiro atoms. The summed E-state index contributed by atoms with van der Waals surface area (Å²) in [6, 6.07) is 3.01. The molecule has 6 nitrogen and oxygen atoms in total. The summed E-state index contributed by atoms with van der Waals surface area (Å²) in [5.41, 5.74) is 7.03. The number of urea groups is 1. The van der Waals surface area contributed by atoms with Gasteiger partial charge in [0.1, 0.15) is 5.75 Å². The van der Waals surface area contributed by atoms with Crippen LogP contribution in [0, 0.1) is 13.8 Å². The van der Waals surface area contributed by atoms with E-state index in [0.717, 1.165) is 16.9 Å². The Bertz CT molecular complexity index is 556. The number of amides is 3. The molecular formula is C13H17N3O3. The number of rotatable bonds is 3. The standard InChI is InChI=1S/C13H17N3O3/c1-7-8(2)10(19-3)5-4-9(7)13(6-14)11(17)15-12(18)16-13/h4-5H,6,14H2,1-3H3,(H2,15,16,17,18). The fraction of sp³-hybridized carbons (Fsp3) is 0.385. The van der Waals surface area contributed by atoms with Crippen molar-refractivity contribution in [2.45, 2.75) is 19.4 Å². The zero-order chi connectivity index (χ0) is 14.2. The molecule has 19 heavy (non-hydrogen) atoms. The van der Waals surface area contributed by atoms with Crippen molar-refractivity contribution < 1.29 is 14.3 Å². The number of benzene rings is 1. The smallest absolute Gasteiger partial charge is 0.322 e. The number of hydrogen-bond donors (Lipinski definition) is 3. The lowest BCUT2D eigenvalue weighted by Crippen LogP contribution is -2.50. The average Bonchev–Trinajstić information content (AvgIpc) is 2.68. The van der Waals surface area contributed by atoms with E-state index < -0.39 is 17.5 Å². The van der Waals surface area contributed by atoms with E-state index in [1.54, 1.807) is 19.2 Å². The third-order valence-corrected chi connectivity index (χ3v) is 3.66. The molecule has 1 heterocycles. The van der Waals surface area contributed by atoms with Crippen molar-refractivity contribution in [2.75, 3.05) is 13.7 Å². The van der Waals surface area contributed by atoms with Gasteiger partial charge in [-0.05, 0) is 36.6 Å². The minimum atomic E-state index is -1.20. The average molecular weight is 263 g/mol. The Morgan fingerprint density at radius 2 is 1.95 bits per heavy atom. The van der Waals surface area contributed by atoms with Crippen LogP contribution in [0.4, 0.5) is 4.79 Å². The first-order chi connectivity index (χ1) is 8.96. The molecule has 2 rings (SSSR count). The summed E-state index contributed by atoms with van der Waals surface area (Å²) in [6.45, 7) is 3.77. The summed E-state index contributed by atoms with van der Waals surface area (Å²) in [5.74, 6) is 0.311. The van der Waals surface area contributed by atoms with E-state index in [9.17, 15) is 9.59 Å². The molecular weight excluding hydrogens is 246 g/mol. The SMILES string of the molecule is COc1ccc(C2(CN)NC(=O)NC2=O)c(C)c1C. The maximum atomic E-state index is 12.1. The monoisotopic (exact) mass is 263 g/mol. The van der Waals surface area contributed by atoms with E-state index in [0.29, 0.717) is 5.56 Å². The Morgan fingerprint density at radius 1 is 1.26 bits per heavy atom. The number of nitrogens with one attached hydrogen (secondary N) is 2. The normalized spacial score (nSPS) is 22.1. The highest BCUT2D eigenvalue weighted by Gasteiger charge is 2.47. The number of hydrogen-bond acceptors (Lipinski definition) is 4. The van der Waals surface area contributed by atoms with Crippen LogP contribution in [0.1, 0.15) is 16.7 Å². The Labute approximate surface area is 111 Å². The summed E-state index contributed by atoms with van der Waals surface area (Å²) < 4.78 is 5.24. The van der Waals surface area contributed by atoms with Gasteiger partial charge >= 0.3 is 6.03 Å². The zero-order valence-corrected chi connectivity index (χ0v) is 11.2. The molecule has 1 aliphatic rings. The minimum absolute atomic E-state index is 0.00280. The second-order valence-electron chi connectivity index (χ2n) is 4.58. The lowest BCUT2D eigenvalue weighted by molar-refractivity contribution is -0.124. The Morgan fingerprint density at radius 3 is 2.42 bits per heavy atom. The van der Waals surface area contributed by atoms with Gasteiger partial charge in [-0.1, -0.05) is 6.07 Å². The van der Waals surface area contributed by atoms with Crippen molar-refractivity contribution in [3.63, 3.8) is 0 Å². The quantitative estimate of drug-likeness (QED) is 0.684. The predicted molar refractivity (Wildman–Crippen MR) is 69.9 cm³/mol. The van der Waals surface area contributed by atoms with Crippen LogP contribution in [0.25, 0.3) is 0 Å². The molecule has 0 aromatic heterocycles. The summed E-state index contributed by atoms with van der Waals surface area (Å²) in [6.07, 6.45) is 0. The lowest BCUT2D eigenvalue weighted by atomic mass is 9.85. The summed E-state index contributed by atoms with van der Waals surface area (Å²) in [5, 5.41) is 4.86. The number of carbonyl (C=O) groups excluding carboxylic acids is 2. The molecule has 0 bridgehead atoms. The predicted octanol–water partition coefficient (Wildman–Crippen LogP) is 0.305. The minimum Gasteiger partial charge on any atom is -0.496 e. The van der Waals surface area contributed by atoms with Crippen LogP contribution in [0.15, 0.2) is 12.1 Å². The number of methoxy groups -OCH3 is 1. The van der Waals surface area contributed by atoms with Gasteiger partial charge in [0.15, 0.2) is 5.54 Å². The van der Waals surface area contributed by atoms with Crippen LogP contribution in [0.2, 0.25) is 0 Å². The molecule has 3 amide bonds. The molecule has 1 saturated heterocycles. The Kier molecular flexibility index (Phi) is 3.20. The molecule has 102 valence electrons. The van der Waals surface area contributed by atoms with Gasteiger partial charge in [0, 0.05) is 6.54 Å². The van der Waals surface area contributed by atoms with Gasteiger partial charge in [0.25, 0.3) is 5.91 Å². The molecule has 1 atom stereocenters. The van der Waals surface area contributed by atoms with Crippen LogP contribution < -0.4 is 21.1 Å². The van der Waals surface area contributed by atoms with E-state index in [4.69, 9.17) is 10.5 Å². The van der Waals surface area contributed by atoms with Gasteiger partial charge in [-0.15, -0.1) is 0 Å². The van der Waals surface area contributed by atoms with Gasteiger partial charge in [0.2, 0.25) is 0 Å². The molecule has 1 aromatic rings. The molecule has 1 fully saturated rings. The summed E-state index contributed by atoms with van der Waals surface area (Å²) in [7, 11) is 1.59. The summed E-state index contributed by atoms with van der Waals surface area (Å²) in [4.78, 5) is 23.4. The van der Waals surface area contributed by atoms with Crippen LogP contribution >= 0.6 is 0 Å². The molecule has 1 aliphatic heterocycles. The number of imide groups is 1. The van der Waals surface area contributed by atoms with Crippen molar-refractivity contribution in [1.29, 1.82) is 0 Å². The van der Waals surface area contributed by atoms with Gasteiger partial charge in [-0.3, -0.25) is 10.1 Å².